The summed E-state index contributed by atoms with van der Waals surface area (Å²) in [5.41, 5.74) is 3.12. The Morgan fingerprint density at radius 1 is 1.09 bits per heavy atom. The van der Waals surface area contributed by atoms with E-state index in [0.717, 1.165) is 11.3 Å². The Kier molecular flexibility index (Phi) is 4.83. The fourth-order valence-electron chi connectivity index (χ4n) is 2.42. The molecule has 0 radical (unpaired) electrons. The molecule has 0 spiro atoms. The molecule has 3 rings (SSSR count). The van der Waals surface area contributed by atoms with Gasteiger partial charge >= 0.3 is 0 Å². The van der Waals surface area contributed by atoms with Crippen molar-refractivity contribution in [1.29, 1.82) is 0 Å². The van der Waals surface area contributed by atoms with Gasteiger partial charge in [0.1, 0.15) is 0 Å². The lowest BCUT2D eigenvalue weighted by Crippen LogP contribution is -2.14. The summed E-state index contributed by atoms with van der Waals surface area (Å²) in [5.74, 6) is 0.181. The van der Waals surface area contributed by atoms with E-state index in [1.165, 1.54) is 16.9 Å². The Labute approximate surface area is 140 Å². The second-order valence-electron chi connectivity index (χ2n) is 5.47. The van der Waals surface area contributed by atoms with Crippen molar-refractivity contribution in [2.45, 2.75) is 19.3 Å². The number of anilines is 1. The van der Waals surface area contributed by atoms with E-state index in [2.05, 4.69) is 29.4 Å². The molecule has 1 unspecified atom stereocenters. The van der Waals surface area contributed by atoms with E-state index in [1.807, 2.05) is 53.9 Å². The van der Waals surface area contributed by atoms with Gasteiger partial charge in [-0.05, 0) is 11.5 Å². The van der Waals surface area contributed by atoms with Gasteiger partial charge in [-0.15, -0.1) is 11.3 Å². The van der Waals surface area contributed by atoms with Crippen LogP contribution in [0.1, 0.15) is 24.8 Å². The Morgan fingerprint density at radius 3 is 2.43 bits per heavy atom. The first kappa shape index (κ1) is 15.4. The summed E-state index contributed by atoms with van der Waals surface area (Å²) in [6.07, 6.45) is 0.449. The van der Waals surface area contributed by atoms with Gasteiger partial charge in [0.25, 0.3) is 0 Å². The number of nitrogens with one attached hydrogen (secondary N) is 1. The van der Waals surface area contributed by atoms with E-state index in [1.54, 1.807) is 0 Å². The van der Waals surface area contributed by atoms with Gasteiger partial charge in [-0.2, -0.15) is 0 Å². The number of carbonyl (C=O) groups excluding carboxylic acids is 1. The van der Waals surface area contributed by atoms with Crippen molar-refractivity contribution in [3.05, 3.63) is 71.6 Å². The molecule has 116 valence electrons. The molecule has 23 heavy (non-hydrogen) atoms. The molecule has 0 aliphatic carbocycles. The van der Waals surface area contributed by atoms with Crippen LogP contribution in [0.5, 0.6) is 0 Å². The first-order valence-electron chi connectivity index (χ1n) is 7.58. The first-order valence-corrected chi connectivity index (χ1v) is 8.46. The summed E-state index contributed by atoms with van der Waals surface area (Å²) in [7, 11) is 0. The predicted molar refractivity (Wildman–Crippen MR) is 95.7 cm³/mol. The normalized spacial score (nSPS) is 11.9. The second kappa shape index (κ2) is 7.20. The van der Waals surface area contributed by atoms with Gasteiger partial charge in [-0.1, -0.05) is 67.6 Å². The van der Waals surface area contributed by atoms with Crippen molar-refractivity contribution >= 4 is 22.4 Å². The number of hydrogen-bond acceptors (Lipinski definition) is 3. The van der Waals surface area contributed by atoms with Crippen LogP contribution < -0.4 is 5.32 Å². The van der Waals surface area contributed by atoms with Crippen LogP contribution in [0.4, 0.5) is 5.13 Å². The van der Waals surface area contributed by atoms with Gasteiger partial charge in [0, 0.05) is 17.4 Å². The summed E-state index contributed by atoms with van der Waals surface area (Å²) in [4.78, 5) is 16.7. The molecule has 1 atom stereocenters. The van der Waals surface area contributed by atoms with Crippen molar-refractivity contribution in [1.82, 2.24) is 4.98 Å². The fourth-order valence-corrected chi connectivity index (χ4v) is 3.16. The zero-order chi connectivity index (χ0) is 16.1. The fraction of sp³-hybridized carbons (Fsp3) is 0.158. The smallest absolute Gasteiger partial charge is 0.226 e. The topological polar surface area (TPSA) is 42.0 Å². The zero-order valence-electron chi connectivity index (χ0n) is 12.9. The molecule has 1 aromatic heterocycles. The van der Waals surface area contributed by atoms with Crippen LogP contribution in [0.15, 0.2) is 66.0 Å². The summed E-state index contributed by atoms with van der Waals surface area (Å²) < 4.78 is 0. The summed E-state index contributed by atoms with van der Waals surface area (Å²) >= 11 is 1.45. The summed E-state index contributed by atoms with van der Waals surface area (Å²) in [6.45, 7) is 2.06. The van der Waals surface area contributed by atoms with Crippen molar-refractivity contribution in [2.75, 3.05) is 5.32 Å². The lowest BCUT2D eigenvalue weighted by atomic mass is 9.98. The minimum atomic E-state index is -0.00434. The van der Waals surface area contributed by atoms with Gasteiger partial charge < -0.3 is 5.32 Å². The number of rotatable bonds is 5. The van der Waals surface area contributed by atoms with Crippen molar-refractivity contribution in [3.8, 4) is 11.3 Å². The van der Waals surface area contributed by atoms with Crippen LogP contribution in [0.2, 0.25) is 0 Å². The maximum atomic E-state index is 12.2. The molecular formula is C19H18N2OS. The van der Waals surface area contributed by atoms with Gasteiger partial charge in [0.2, 0.25) is 5.91 Å². The quantitative estimate of drug-likeness (QED) is 0.722. The van der Waals surface area contributed by atoms with Gasteiger partial charge in [0.15, 0.2) is 5.13 Å². The SMILES string of the molecule is CC(CC(=O)Nc1nc(-c2ccccc2)cs1)c1ccccc1. The molecule has 0 aliphatic heterocycles. The second-order valence-corrected chi connectivity index (χ2v) is 6.33. The van der Waals surface area contributed by atoms with Crippen molar-refractivity contribution in [3.63, 3.8) is 0 Å². The van der Waals surface area contributed by atoms with Gasteiger partial charge in [-0.3, -0.25) is 4.79 Å². The molecule has 0 fully saturated rings. The van der Waals surface area contributed by atoms with Crippen LogP contribution in [-0.4, -0.2) is 10.9 Å². The average molecular weight is 322 g/mol. The summed E-state index contributed by atoms with van der Waals surface area (Å²) in [5, 5.41) is 5.51. The van der Waals surface area contributed by atoms with E-state index < -0.39 is 0 Å². The lowest BCUT2D eigenvalue weighted by Gasteiger charge is -2.10. The largest absolute Gasteiger partial charge is 0.302 e. The van der Waals surface area contributed by atoms with E-state index >= 15 is 0 Å². The molecule has 2 aromatic carbocycles. The first-order chi connectivity index (χ1) is 11.2. The molecule has 0 saturated heterocycles. The number of amides is 1. The van der Waals surface area contributed by atoms with E-state index in [9.17, 15) is 4.79 Å². The zero-order valence-corrected chi connectivity index (χ0v) is 13.7. The summed E-state index contributed by atoms with van der Waals surface area (Å²) in [6, 6.07) is 20.0. The average Bonchev–Trinajstić information content (AvgIpc) is 3.04. The highest BCUT2D eigenvalue weighted by Gasteiger charge is 2.13. The minimum Gasteiger partial charge on any atom is -0.302 e. The maximum Gasteiger partial charge on any atom is 0.226 e. The van der Waals surface area contributed by atoms with E-state index in [0.29, 0.717) is 11.6 Å². The third-order valence-electron chi connectivity index (χ3n) is 3.68. The van der Waals surface area contributed by atoms with Crippen LogP contribution in [0.25, 0.3) is 11.3 Å². The molecule has 3 aromatic rings. The monoisotopic (exact) mass is 322 g/mol. The molecule has 1 amide bonds. The number of benzene rings is 2. The third kappa shape index (κ3) is 4.05. The number of nitrogens with zero attached hydrogens (tertiary/aromatic N) is 1. The van der Waals surface area contributed by atoms with E-state index in [-0.39, 0.29) is 11.8 Å². The third-order valence-corrected chi connectivity index (χ3v) is 4.44. The predicted octanol–water partition coefficient (Wildman–Crippen LogP) is 4.94. The van der Waals surface area contributed by atoms with Gasteiger partial charge in [-0.25, -0.2) is 4.98 Å². The van der Waals surface area contributed by atoms with Crippen LogP contribution >= 0.6 is 11.3 Å². The lowest BCUT2D eigenvalue weighted by molar-refractivity contribution is -0.116. The van der Waals surface area contributed by atoms with Crippen LogP contribution in [0, 0.1) is 0 Å². The van der Waals surface area contributed by atoms with Crippen LogP contribution in [-0.2, 0) is 4.79 Å². The molecule has 4 heteroatoms. The number of carbonyl (C=O) groups is 1. The van der Waals surface area contributed by atoms with Crippen molar-refractivity contribution < 1.29 is 4.79 Å². The highest BCUT2D eigenvalue weighted by Crippen LogP contribution is 2.25. The molecule has 0 aliphatic rings. The van der Waals surface area contributed by atoms with Gasteiger partial charge in [0.05, 0.1) is 5.69 Å². The molecular weight excluding hydrogens is 304 g/mol. The molecule has 0 saturated carbocycles. The Bertz CT molecular complexity index is 768. The number of thiazole rings is 1. The van der Waals surface area contributed by atoms with E-state index in [4.69, 9.17) is 0 Å². The molecule has 1 heterocycles. The number of aromatic nitrogens is 1. The highest BCUT2D eigenvalue weighted by atomic mass is 32.1. The minimum absolute atomic E-state index is 0.00434. The van der Waals surface area contributed by atoms with Crippen molar-refractivity contribution in [2.24, 2.45) is 0 Å². The highest BCUT2D eigenvalue weighted by molar-refractivity contribution is 7.14. The van der Waals surface area contributed by atoms with Crippen LogP contribution in [0.3, 0.4) is 0 Å². The molecule has 3 nitrogen and oxygen atoms in total. The maximum absolute atomic E-state index is 12.2. The number of hydrogen-bond donors (Lipinski definition) is 1. The molecule has 1 N–H and O–H groups in total. The molecule has 0 bridgehead atoms. The Balaban J connectivity index is 1.61. The Hall–Kier alpha value is -2.46. The standard InChI is InChI=1S/C19H18N2OS/c1-14(15-8-4-2-5-9-15)12-18(22)21-19-20-17(13-23-19)16-10-6-3-7-11-16/h2-11,13-14H,12H2,1H3,(H,20,21,22). The Morgan fingerprint density at radius 2 is 1.74 bits per heavy atom.